The van der Waals surface area contributed by atoms with E-state index in [1.54, 1.807) is 4.98 Å². The lowest BCUT2D eigenvalue weighted by Gasteiger charge is -2.12. The Balaban J connectivity index is 0.00000106. The zero-order chi connectivity index (χ0) is 16.4. The van der Waals surface area contributed by atoms with Crippen LogP contribution in [0, 0.1) is 0 Å². The van der Waals surface area contributed by atoms with Gasteiger partial charge in [0.05, 0.1) is 11.1 Å². The predicted molar refractivity (Wildman–Crippen MR) is 65.9 cm³/mol. The van der Waals surface area contributed by atoms with Crippen LogP contribution in [-0.2, 0) is 12.4 Å². The summed E-state index contributed by atoms with van der Waals surface area (Å²) in [6, 6.07) is 2.85. The number of rotatable bonds is 0. The van der Waals surface area contributed by atoms with Gasteiger partial charge in [-0.1, -0.05) is 19.9 Å². The summed E-state index contributed by atoms with van der Waals surface area (Å²) < 4.78 is 75.4. The topological polar surface area (TPSA) is 32.9 Å². The third-order valence-electron chi connectivity index (χ3n) is 2.48. The number of hydrogen-bond donors (Lipinski definition) is 1. The van der Waals surface area contributed by atoms with Crippen LogP contribution in [0.25, 0.3) is 10.9 Å². The number of alkyl halides is 6. The van der Waals surface area contributed by atoms with Crippen molar-refractivity contribution < 1.29 is 26.3 Å². The first kappa shape index (κ1) is 17.1. The summed E-state index contributed by atoms with van der Waals surface area (Å²) in [6.45, 7) is 4.00. The largest absolute Gasteiger partial charge is 0.431 e. The van der Waals surface area contributed by atoms with Gasteiger partial charge < -0.3 is 4.98 Å². The van der Waals surface area contributed by atoms with E-state index in [-0.39, 0.29) is 6.07 Å². The average Bonchev–Trinajstić information content (AvgIpc) is 2.38. The summed E-state index contributed by atoms with van der Waals surface area (Å²) in [7, 11) is 0. The van der Waals surface area contributed by atoms with Gasteiger partial charge in [-0.2, -0.15) is 26.3 Å². The van der Waals surface area contributed by atoms with Gasteiger partial charge in [0.2, 0.25) is 0 Å². The minimum absolute atomic E-state index is 0.239. The Bertz CT molecular complexity index is 684. The van der Waals surface area contributed by atoms with Crippen molar-refractivity contribution in [2.24, 2.45) is 0 Å². The van der Waals surface area contributed by atoms with Crippen LogP contribution < -0.4 is 5.43 Å². The van der Waals surface area contributed by atoms with E-state index in [9.17, 15) is 31.1 Å². The fraction of sp³-hybridized carbons (Fsp3) is 0.308. The second-order valence-corrected chi connectivity index (χ2v) is 3.77. The quantitative estimate of drug-likeness (QED) is 0.709. The van der Waals surface area contributed by atoms with E-state index in [1.165, 1.54) is 0 Å². The van der Waals surface area contributed by atoms with Crippen LogP contribution in [0.2, 0.25) is 0 Å². The first-order valence-corrected chi connectivity index (χ1v) is 5.91. The molecule has 0 aliphatic carbocycles. The van der Waals surface area contributed by atoms with Gasteiger partial charge in [-0.05, 0) is 12.1 Å². The zero-order valence-electron chi connectivity index (χ0n) is 11.0. The molecule has 116 valence electrons. The highest BCUT2D eigenvalue weighted by atomic mass is 19.4. The summed E-state index contributed by atoms with van der Waals surface area (Å²) >= 11 is 0. The number of nitrogens with one attached hydrogen (secondary N) is 1. The minimum Gasteiger partial charge on any atom is -0.350 e. The van der Waals surface area contributed by atoms with Crippen molar-refractivity contribution in [1.29, 1.82) is 0 Å². The number of hydrogen-bond acceptors (Lipinski definition) is 1. The van der Waals surface area contributed by atoms with Crippen LogP contribution in [0.4, 0.5) is 26.3 Å². The van der Waals surface area contributed by atoms with E-state index in [0.717, 1.165) is 12.1 Å². The molecule has 2 rings (SSSR count). The molecule has 21 heavy (non-hydrogen) atoms. The van der Waals surface area contributed by atoms with Gasteiger partial charge in [0, 0.05) is 11.5 Å². The molecule has 0 fully saturated rings. The molecule has 0 saturated heterocycles. The molecular weight excluding hydrogens is 300 g/mol. The molecule has 0 bridgehead atoms. The van der Waals surface area contributed by atoms with Crippen molar-refractivity contribution in [3.63, 3.8) is 0 Å². The van der Waals surface area contributed by atoms with E-state index in [2.05, 4.69) is 0 Å². The molecule has 0 radical (unpaired) electrons. The Morgan fingerprint density at radius 2 is 1.52 bits per heavy atom. The van der Waals surface area contributed by atoms with Crippen LogP contribution >= 0.6 is 0 Å². The fourth-order valence-corrected chi connectivity index (χ4v) is 1.66. The summed E-state index contributed by atoms with van der Waals surface area (Å²) in [6.07, 6.45) is -9.78. The molecule has 0 atom stereocenters. The standard InChI is InChI=1S/C11H5F6NO.C2H6/c12-10(13,14)6-3-1-2-5-7(19)4-8(11(15,16)17)18-9(5)6;1-2/h1-4H,(H,18,19);1-2H3. The van der Waals surface area contributed by atoms with E-state index in [1.807, 2.05) is 13.8 Å². The van der Waals surface area contributed by atoms with Crippen molar-refractivity contribution in [1.82, 2.24) is 4.98 Å². The fourth-order valence-electron chi connectivity index (χ4n) is 1.66. The van der Waals surface area contributed by atoms with Gasteiger partial charge in [-0.15, -0.1) is 0 Å². The van der Waals surface area contributed by atoms with Crippen LogP contribution in [0.1, 0.15) is 25.1 Å². The van der Waals surface area contributed by atoms with E-state index >= 15 is 0 Å². The SMILES string of the molecule is CC.O=c1cc(C(F)(F)F)[nH]c2c(C(F)(F)F)cccc12. The Morgan fingerprint density at radius 1 is 0.952 bits per heavy atom. The van der Waals surface area contributed by atoms with Gasteiger partial charge in [-0.3, -0.25) is 4.79 Å². The van der Waals surface area contributed by atoms with E-state index in [0.29, 0.717) is 6.07 Å². The zero-order valence-corrected chi connectivity index (χ0v) is 11.0. The van der Waals surface area contributed by atoms with Crippen molar-refractivity contribution in [3.05, 3.63) is 45.7 Å². The molecule has 2 aromatic rings. The van der Waals surface area contributed by atoms with Crippen molar-refractivity contribution >= 4 is 10.9 Å². The molecule has 1 aromatic carbocycles. The number of benzene rings is 1. The summed E-state index contributed by atoms with van der Waals surface area (Å²) in [5.41, 5.74) is -4.81. The number of pyridine rings is 1. The van der Waals surface area contributed by atoms with E-state index < -0.39 is 39.9 Å². The first-order chi connectivity index (χ1) is 9.60. The molecule has 1 N–H and O–H groups in total. The molecule has 8 heteroatoms. The maximum absolute atomic E-state index is 12.7. The van der Waals surface area contributed by atoms with Gasteiger partial charge in [0.25, 0.3) is 0 Å². The second-order valence-electron chi connectivity index (χ2n) is 3.77. The summed E-state index contributed by atoms with van der Waals surface area (Å²) in [5, 5.41) is -0.442. The van der Waals surface area contributed by atoms with Gasteiger partial charge in [0.1, 0.15) is 5.69 Å². The van der Waals surface area contributed by atoms with Crippen molar-refractivity contribution in [3.8, 4) is 0 Å². The average molecular weight is 311 g/mol. The summed E-state index contributed by atoms with van der Waals surface area (Å²) in [5.74, 6) is 0. The lowest BCUT2D eigenvalue weighted by Crippen LogP contribution is -2.16. The molecule has 0 spiro atoms. The molecule has 0 aliphatic rings. The number of aromatic nitrogens is 1. The Labute approximate surface area is 115 Å². The molecule has 1 aromatic heterocycles. The molecule has 2 nitrogen and oxygen atoms in total. The normalized spacial score (nSPS) is 12.0. The third-order valence-corrected chi connectivity index (χ3v) is 2.48. The smallest absolute Gasteiger partial charge is 0.350 e. The number of halogens is 6. The monoisotopic (exact) mass is 311 g/mol. The van der Waals surface area contributed by atoms with Crippen LogP contribution in [-0.4, -0.2) is 4.98 Å². The number of aromatic amines is 1. The molecule has 1 heterocycles. The molecule has 0 saturated carbocycles. The highest BCUT2D eigenvalue weighted by molar-refractivity contribution is 5.82. The Kier molecular flexibility index (Phi) is 4.70. The predicted octanol–water partition coefficient (Wildman–Crippen LogP) is 4.59. The first-order valence-electron chi connectivity index (χ1n) is 5.91. The number of H-pyrrole nitrogens is 1. The molecule has 0 unspecified atom stereocenters. The molecule has 0 amide bonds. The Morgan fingerprint density at radius 3 is 2.00 bits per heavy atom. The van der Waals surface area contributed by atoms with Crippen molar-refractivity contribution in [2.45, 2.75) is 26.2 Å². The van der Waals surface area contributed by atoms with Gasteiger partial charge >= 0.3 is 12.4 Å². The van der Waals surface area contributed by atoms with Crippen LogP contribution in [0.5, 0.6) is 0 Å². The second kappa shape index (κ2) is 5.79. The van der Waals surface area contributed by atoms with Gasteiger partial charge in [0.15, 0.2) is 5.43 Å². The van der Waals surface area contributed by atoms with E-state index in [4.69, 9.17) is 0 Å². The Hall–Kier alpha value is -1.99. The van der Waals surface area contributed by atoms with Crippen molar-refractivity contribution in [2.75, 3.05) is 0 Å². The number of para-hydroxylation sites is 1. The highest BCUT2D eigenvalue weighted by Gasteiger charge is 2.36. The maximum atomic E-state index is 12.7. The maximum Gasteiger partial charge on any atom is 0.431 e. The van der Waals surface area contributed by atoms with Crippen LogP contribution in [0.15, 0.2) is 29.1 Å². The highest BCUT2D eigenvalue weighted by Crippen LogP contribution is 2.34. The third kappa shape index (κ3) is 3.56. The lowest BCUT2D eigenvalue weighted by molar-refractivity contribution is -0.142. The minimum atomic E-state index is -4.92. The van der Waals surface area contributed by atoms with Crippen LogP contribution in [0.3, 0.4) is 0 Å². The van der Waals surface area contributed by atoms with Gasteiger partial charge in [-0.25, -0.2) is 0 Å². The molecule has 0 aliphatic heterocycles. The molecular formula is C13H11F6NO. The number of fused-ring (bicyclic) bond motifs is 1. The summed E-state index contributed by atoms with van der Waals surface area (Å²) in [4.78, 5) is 13.1. The lowest BCUT2D eigenvalue weighted by atomic mass is 10.1.